The average molecular weight is 264 g/mol. The molecule has 106 valence electrons. The first-order valence-electron chi connectivity index (χ1n) is 6.91. The van der Waals surface area contributed by atoms with Crippen molar-refractivity contribution in [1.82, 2.24) is 4.90 Å². The Labute approximate surface area is 115 Å². The molecule has 2 rings (SSSR count). The lowest BCUT2D eigenvalue weighted by Gasteiger charge is -2.27. The van der Waals surface area contributed by atoms with Crippen LogP contribution in [0, 0.1) is 0 Å². The summed E-state index contributed by atoms with van der Waals surface area (Å²) in [6, 6.07) is 5.80. The third kappa shape index (κ3) is 4.11. The van der Waals surface area contributed by atoms with E-state index in [1.54, 1.807) is 7.11 Å². The fourth-order valence-corrected chi connectivity index (χ4v) is 2.50. The van der Waals surface area contributed by atoms with Crippen molar-refractivity contribution in [2.75, 3.05) is 33.0 Å². The van der Waals surface area contributed by atoms with Gasteiger partial charge in [0, 0.05) is 25.4 Å². The first-order valence-corrected chi connectivity index (χ1v) is 6.91. The monoisotopic (exact) mass is 264 g/mol. The quantitative estimate of drug-likeness (QED) is 0.829. The average Bonchev–Trinajstić information content (AvgIpc) is 2.42. The molecule has 1 fully saturated rings. The molecule has 1 aromatic rings. The second kappa shape index (κ2) is 6.78. The Hall–Kier alpha value is -1.26. The molecular weight excluding hydrogens is 240 g/mol. The fourth-order valence-electron chi connectivity index (χ4n) is 2.50. The Kier molecular flexibility index (Phi) is 5.05. The van der Waals surface area contributed by atoms with Crippen LogP contribution in [0.3, 0.4) is 0 Å². The van der Waals surface area contributed by atoms with Gasteiger partial charge in [-0.3, -0.25) is 4.90 Å². The summed E-state index contributed by atoms with van der Waals surface area (Å²) in [5, 5.41) is 0. The van der Waals surface area contributed by atoms with Gasteiger partial charge in [0.05, 0.1) is 13.2 Å². The van der Waals surface area contributed by atoms with Gasteiger partial charge in [0.2, 0.25) is 0 Å². The van der Waals surface area contributed by atoms with Crippen LogP contribution in [0.1, 0.15) is 24.8 Å². The zero-order chi connectivity index (χ0) is 13.7. The van der Waals surface area contributed by atoms with Crippen LogP contribution in [0.4, 0.5) is 5.69 Å². The minimum absolute atomic E-state index is 0.366. The number of nitrogens with two attached hydrogens (primary N) is 1. The van der Waals surface area contributed by atoms with Crippen LogP contribution in [0.15, 0.2) is 18.2 Å². The summed E-state index contributed by atoms with van der Waals surface area (Å²) in [5.41, 5.74) is 7.94. The van der Waals surface area contributed by atoms with Gasteiger partial charge in [-0.15, -0.1) is 0 Å². The van der Waals surface area contributed by atoms with E-state index in [-0.39, 0.29) is 0 Å². The predicted octanol–water partition coefficient (Wildman–Crippen LogP) is 2.28. The normalized spacial score (nSPS) is 19.6. The maximum atomic E-state index is 6.01. The third-order valence-electron chi connectivity index (χ3n) is 3.58. The van der Waals surface area contributed by atoms with Crippen LogP contribution < -0.4 is 10.5 Å². The second-order valence-corrected chi connectivity index (χ2v) is 5.25. The summed E-state index contributed by atoms with van der Waals surface area (Å²) >= 11 is 0. The number of nitrogen functional groups attached to an aromatic ring is 1. The topological polar surface area (TPSA) is 47.7 Å². The standard InChI is InChI=1S/C15H24N2O2/c1-17(11-14-5-3-4-8-19-14)10-12-9-13(18-2)6-7-15(12)16/h6-7,9,14H,3-5,8,10-11,16H2,1-2H3. The molecule has 1 aromatic carbocycles. The molecule has 0 aromatic heterocycles. The molecule has 1 atom stereocenters. The van der Waals surface area contributed by atoms with Gasteiger partial charge in [-0.2, -0.15) is 0 Å². The van der Waals surface area contributed by atoms with Crippen molar-refractivity contribution in [2.45, 2.75) is 31.9 Å². The smallest absolute Gasteiger partial charge is 0.119 e. The van der Waals surface area contributed by atoms with Crippen molar-refractivity contribution >= 4 is 5.69 Å². The van der Waals surface area contributed by atoms with Gasteiger partial charge in [-0.05, 0) is 50.1 Å². The number of anilines is 1. The van der Waals surface area contributed by atoms with Crippen LogP contribution in [0.5, 0.6) is 5.75 Å². The molecule has 1 unspecified atom stereocenters. The van der Waals surface area contributed by atoms with Crippen molar-refractivity contribution in [3.63, 3.8) is 0 Å². The number of likely N-dealkylation sites (N-methyl/N-ethyl adjacent to an activating group) is 1. The molecular formula is C15H24N2O2. The zero-order valence-corrected chi connectivity index (χ0v) is 11.9. The molecule has 1 aliphatic heterocycles. The van der Waals surface area contributed by atoms with Crippen LogP contribution in [0.2, 0.25) is 0 Å². The van der Waals surface area contributed by atoms with E-state index >= 15 is 0 Å². The Balaban J connectivity index is 1.92. The van der Waals surface area contributed by atoms with Gasteiger partial charge in [0.1, 0.15) is 5.75 Å². The van der Waals surface area contributed by atoms with Crippen LogP contribution in [-0.2, 0) is 11.3 Å². The third-order valence-corrected chi connectivity index (χ3v) is 3.58. The van der Waals surface area contributed by atoms with Crippen molar-refractivity contribution in [3.05, 3.63) is 23.8 Å². The van der Waals surface area contributed by atoms with Crippen LogP contribution >= 0.6 is 0 Å². The molecule has 0 amide bonds. The first-order chi connectivity index (χ1) is 9.19. The minimum Gasteiger partial charge on any atom is -0.497 e. The maximum absolute atomic E-state index is 6.01. The summed E-state index contributed by atoms with van der Waals surface area (Å²) in [6.45, 7) is 2.68. The Morgan fingerprint density at radius 1 is 1.42 bits per heavy atom. The number of rotatable bonds is 5. The number of nitrogens with zero attached hydrogens (tertiary/aromatic N) is 1. The summed E-state index contributed by atoms with van der Waals surface area (Å²) < 4.78 is 11.0. The van der Waals surface area contributed by atoms with E-state index in [4.69, 9.17) is 15.2 Å². The Morgan fingerprint density at radius 2 is 2.26 bits per heavy atom. The lowest BCUT2D eigenvalue weighted by Crippen LogP contribution is -2.33. The largest absolute Gasteiger partial charge is 0.497 e. The van der Waals surface area contributed by atoms with Gasteiger partial charge < -0.3 is 15.2 Å². The summed E-state index contributed by atoms with van der Waals surface area (Å²) in [7, 11) is 3.78. The second-order valence-electron chi connectivity index (χ2n) is 5.25. The molecule has 0 aliphatic carbocycles. The van der Waals surface area contributed by atoms with E-state index in [9.17, 15) is 0 Å². The number of hydrogen-bond donors (Lipinski definition) is 1. The molecule has 1 saturated heterocycles. The summed E-state index contributed by atoms with van der Waals surface area (Å²) in [5.74, 6) is 0.853. The molecule has 1 aliphatic rings. The highest BCUT2D eigenvalue weighted by atomic mass is 16.5. The molecule has 0 spiro atoms. The predicted molar refractivity (Wildman–Crippen MR) is 77.3 cm³/mol. The number of ether oxygens (including phenoxy) is 2. The van der Waals surface area contributed by atoms with Gasteiger partial charge in [0.15, 0.2) is 0 Å². The van der Waals surface area contributed by atoms with Crippen molar-refractivity contribution in [3.8, 4) is 5.75 Å². The van der Waals surface area contributed by atoms with Crippen molar-refractivity contribution in [1.29, 1.82) is 0 Å². The maximum Gasteiger partial charge on any atom is 0.119 e. The molecule has 4 nitrogen and oxygen atoms in total. The van der Waals surface area contributed by atoms with Crippen molar-refractivity contribution < 1.29 is 9.47 Å². The molecule has 0 bridgehead atoms. The molecule has 19 heavy (non-hydrogen) atoms. The van der Waals surface area contributed by atoms with E-state index < -0.39 is 0 Å². The van der Waals surface area contributed by atoms with E-state index in [0.29, 0.717) is 6.10 Å². The molecule has 4 heteroatoms. The number of methoxy groups -OCH3 is 1. The molecule has 0 radical (unpaired) electrons. The van der Waals surface area contributed by atoms with Gasteiger partial charge in [-0.1, -0.05) is 0 Å². The Morgan fingerprint density at radius 3 is 2.95 bits per heavy atom. The first kappa shape index (κ1) is 14.2. The van der Waals surface area contributed by atoms with Gasteiger partial charge in [0.25, 0.3) is 0 Å². The highest BCUT2D eigenvalue weighted by Gasteiger charge is 2.16. The Bertz CT molecular complexity index is 403. The summed E-state index contributed by atoms with van der Waals surface area (Å²) in [4.78, 5) is 2.26. The van der Waals surface area contributed by atoms with Crippen LogP contribution in [-0.4, -0.2) is 38.3 Å². The lowest BCUT2D eigenvalue weighted by molar-refractivity contribution is -0.00257. The lowest BCUT2D eigenvalue weighted by atomic mass is 10.1. The van der Waals surface area contributed by atoms with Crippen LogP contribution in [0.25, 0.3) is 0 Å². The number of benzene rings is 1. The highest BCUT2D eigenvalue weighted by molar-refractivity contribution is 5.50. The van der Waals surface area contributed by atoms with Crippen molar-refractivity contribution in [2.24, 2.45) is 0 Å². The van der Waals surface area contributed by atoms with Gasteiger partial charge >= 0.3 is 0 Å². The highest BCUT2D eigenvalue weighted by Crippen LogP contribution is 2.21. The molecule has 2 N–H and O–H groups in total. The zero-order valence-electron chi connectivity index (χ0n) is 11.9. The van der Waals surface area contributed by atoms with E-state index in [1.165, 1.54) is 12.8 Å². The van der Waals surface area contributed by atoms with Gasteiger partial charge in [-0.25, -0.2) is 0 Å². The number of hydrogen-bond acceptors (Lipinski definition) is 4. The fraction of sp³-hybridized carbons (Fsp3) is 0.600. The minimum atomic E-state index is 0.366. The van der Waals surface area contributed by atoms with E-state index in [0.717, 1.165) is 43.1 Å². The SMILES string of the molecule is COc1ccc(N)c(CN(C)CC2CCCCO2)c1. The molecule has 0 saturated carbocycles. The van der Waals surface area contributed by atoms with E-state index in [2.05, 4.69) is 11.9 Å². The molecule has 1 heterocycles. The summed E-state index contributed by atoms with van der Waals surface area (Å²) in [6.07, 6.45) is 4.01. The van der Waals surface area contributed by atoms with E-state index in [1.807, 2.05) is 18.2 Å².